The molecule has 0 radical (unpaired) electrons. The van der Waals surface area contributed by atoms with Gasteiger partial charge in [0.05, 0.1) is 13.2 Å². The number of aromatic amines is 1. The minimum atomic E-state index is 0.332. The lowest BCUT2D eigenvalue weighted by molar-refractivity contribution is 0.415. The average Bonchev–Trinajstić information content (AvgIpc) is 2.68. The normalized spacial score (nSPS) is 18.2. The number of H-pyrrole nitrogens is 1. The van der Waals surface area contributed by atoms with Crippen LogP contribution in [0, 0.1) is 0 Å². The lowest BCUT2D eigenvalue weighted by Gasteiger charge is -2.15. The highest BCUT2D eigenvalue weighted by Gasteiger charge is 2.17. The van der Waals surface area contributed by atoms with Gasteiger partial charge in [-0.15, -0.1) is 0 Å². The summed E-state index contributed by atoms with van der Waals surface area (Å²) >= 11 is 0. The van der Waals surface area contributed by atoms with E-state index in [1.165, 1.54) is 16.6 Å². The second-order valence-corrected chi connectivity index (χ2v) is 4.09. The van der Waals surface area contributed by atoms with Crippen molar-refractivity contribution < 1.29 is 4.74 Å². The van der Waals surface area contributed by atoms with E-state index in [0.29, 0.717) is 6.04 Å². The van der Waals surface area contributed by atoms with Gasteiger partial charge in [-0.2, -0.15) is 0 Å². The summed E-state index contributed by atoms with van der Waals surface area (Å²) in [6.07, 6.45) is 4.10. The SMILES string of the molecule is COc1ccc2[nH]c3c(c2c1)C=CNC3C. The molecule has 1 aromatic carbocycles. The lowest BCUT2D eigenvalue weighted by Crippen LogP contribution is -2.15. The fourth-order valence-corrected chi connectivity index (χ4v) is 2.22. The fourth-order valence-electron chi connectivity index (χ4n) is 2.22. The predicted octanol–water partition coefficient (Wildman–Crippen LogP) is 2.81. The van der Waals surface area contributed by atoms with Gasteiger partial charge in [-0.25, -0.2) is 0 Å². The summed E-state index contributed by atoms with van der Waals surface area (Å²) in [6, 6.07) is 6.45. The van der Waals surface area contributed by atoms with Crippen LogP contribution in [0.3, 0.4) is 0 Å². The molecule has 2 N–H and O–H groups in total. The Morgan fingerprint density at radius 3 is 3.00 bits per heavy atom. The minimum Gasteiger partial charge on any atom is -0.497 e. The number of methoxy groups -OCH3 is 1. The second-order valence-electron chi connectivity index (χ2n) is 4.09. The Morgan fingerprint density at radius 2 is 2.19 bits per heavy atom. The van der Waals surface area contributed by atoms with E-state index in [9.17, 15) is 0 Å². The van der Waals surface area contributed by atoms with Crippen molar-refractivity contribution >= 4 is 17.0 Å². The molecule has 82 valence electrons. The fraction of sp³-hybridized carbons (Fsp3) is 0.231. The van der Waals surface area contributed by atoms with Crippen molar-refractivity contribution in [2.45, 2.75) is 13.0 Å². The van der Waals surface area contributed by atoms with Crippen molar-refractivity contribution in [3.8, 4) is 5.75 Å². The van der Waals surface area contributed by atoms with E-state index < -0.39 is 0 Å². The van der Waals surface area contributed by atoms with E-state index in [1.54, 1.807) is 7.11 Å². The lowest BCUT2D eigenvalue weighted by atomic mass is 10.0. The molecular weight excluding hydrogens is 200 g/mol. The van der Waals surface area contributed by atoms with E-state index in [2.05, 4.69) is 35.4 Å². The molecular formula is C13H14N2O. The molecule has 3 heteroatoms. The number of hydrogen-bond donors (Lipinski definition) is 2. The first-order chi connectivity index (χ1) is 7.79. The Bertz CT molecular complexity index is 569. The van der Waals surface area contributed by atoms with Crippen LogP contribution < -0.4 is 10.1 Å². The van der Waals surface area contributed by atoms with Crippen LogP contribution in [-0.2, 0) is 0 Å². The van der Waals surface area contributed by atoms with Crippen molar-refractivity contribution in [2.24, 2.45) is 0 Å². The van der Waals surface area contributed by atoms with E-state index >= 15 is 0 Å². The Labute approximate surface area is 94.1 Å². The van der Waals surface area contributed by atoms with Gasteiger partial charge in [0.1, 0.15) is 5.75 Å². The number of nitrogens with one attached hydrogen (secondary N) is 2. The molecule has 2 aromatic rings. The molecule has 3 nitrogen and oxygen atoms in total. The molecule has 1 aliphatic rings. The Morgan fingerprint density at radius 1 is 1.31 bits per heavy atom. The Kier molecular flexibility index (Phi) is 1.93. The van der Waals surface area contributed by atoms with Crippen LogP contribution in [-0.4, -0.2) is 12.1 Å². The molecule has 2 heterocycles. The van der Waals surface area contributed by atoms with Gasteiger partial charge in [-0.1, -0.05) is 0 Å². The minimum absolute atomic E-state index is 0.332. The third-order valence-corrected chi connectivity index (χ3v) is 3.11. The van der Waals surface area contributed by atoms with Gasteiger partial charge >= 0.3 is 0 Å². The number of fused-ring (bicyclic) bond motifs is 3. The molecule has 16 heavy (non-hydrogen) atoms. The van der Waals surface area contributed by atoms with Crippen LogP contribution in [0.4, 0.5) is 0 Å². The zero-order valence-corrected chi connectivity index (χ0v) is 9.37. The summed E-state index contributed by atoms with van der Waals surface area (Å²) in [5, 5.41) is 4.51. The zero-order chi connectivity index (χ0) is 11.1. The number of aromatic nitrogens is 1. The van der Waals surface area contributed by atoms with Crippen LogP contribution in [0.5, 0.6) is 5.75 Å². The van der Waals surface area contributed by atoms with Crippen LogP contribution in [0.15, 0.2) is 24.4 Å². The number of rotatable bonds is 1. The molecule has 0 aliphatic carbocycles. The van der Waals surface area contributed by atoms with Crippen LogP contribution >= 0.6 is 0 Å². The highest BCUT2D eigenvalue weighted by Crippen LogP contribution is 2.32. The molecule has 1 unspecified atom stereocenters. The second kappa shape index (κ2) is 3.30. The van der Waals surface area contributed by atoms with Crippen molar-refractivity contribution in [1.29, 1.82) is 0 Å². The summed E-state index contributed by atoms with van der Waals surface area (Å²) in [7, 11) is 1.69. The van der Waals surface area contributed by atoms with Gasteiger partial charge < -0.3 is 15.0 Å². The first-order valence-electron chi connectivity index (χ1n) is 5.42. The van der Waals surface area contributed by atoms with Gasteiger partial charge in [0.2, 0.25) is 0 Å². The van der Waals surface area contributed by atoms with E-state index in [1.807, 2.05) is 12.3 Å². The Hall–Kier alpha value is -1.90. The van der Waals surface area contributed by atoms with Crippen molar-refractivity contribution in [2.75, 3.05) is 7.11 Å². The molecule has 3 rings (SSSR count). The maximum absolute atomic E-state index is 5.26. The summed E-state index contributed by atoms with van der Waals surface area (Å²) in [5.41, 5.74) is 3.66. The smallest absolute Gasteiger partial charge is 0.119 e. The molecule has 1 aliphatic heterocycles. The van der Waals surface area contributed by atoms with E-state index in [0.717, 1.165) is 11.3 Å². The summed E-state index contributed by atoms with van der Waals surface area (Å²) in [4.78, 5) is 3.45. The largest absolute Gasteiger partial charge is 0.497 e. The van der Waals surface area contributed by atoms with Crippen molar-refractivity contribution in [3.05, 3.63) is 35.7 Å². The van der Waals surface area contributed by atoms with Gasteiger partial charge in [-0.05, 0) is 37.4 Å². The molecule has 0 fully saturated rings. The molecule has 1 aromatic heterocycles. The molecule has 1 atom stereocenters. The average molecular weight is 214 g/mol. The maximum Gasteiger partial charge on any atom is 0.119 e. The van der Waals surface area contributed by atoms with E-state index in [4.69, 9.17) is 4.74 Å². The summed E-state index contributed by atoms with van der Waals surface area (Å²) in [6.45, 7) is 2.15. The van der Waals surface area contributed by atoms with Crippen LogP contribution in [0.1, 0.15) is 24.2 Å². The quantitative estimate of drug-likeness (QED) is 0.766. The predicted molar refractivity (Wildman–Crippen MR) is 65.4 cm³/mol. The van der Waals surface area contributed by atoms with Crippen molar-refractivity contribution in [1.82, 2.24) is 10.3 Å². The molecule has 0 saturated carbocycles. The highest BCUT2D eigenvalue weighted by molar-refractivity contribution is 5.92. The molecule has 0 saturated heterocycles. The van der Waals surface area contributed by atoms with Gasteiger partial charge in [0, 0.05) is 22.2 Å². The first-order valence-corrected chi connectivity index (χ1v) is 5.42. The molecule has 0 amide bonds. The number of benzene rings is 1. The monoisotopic (exact) mass is 214 g/mol. The van der Waals surface area contributed by atoms with Gasteiger partial charge in [-0.3, -0.25) is 0 Å². The van der Waals surface area contributed by atoms with Crippen molar-refractivity contribution in [3.63, 3.8) is 0 Å². The number of ether oxygens (including phenoxy) is 1. The highest BCUT2D eigenvalue weighted by atomic mass is 16.5. The van der Waals surface area contributed by atoms with Crippen LogP contribution in [0.2, 0.25) is 0 Å². The summed E-state index contributed by atoms with van der Waals surface area (Å²) in [5.74, 6) is 0.897. The van der Waals surface area contributed by atoms with E-state index in [-0.39, 0.29) is 0 Å². The van der Waals surface area contributed by atoms with Gasteiger partial charge in [0.15, 0.2) is 0 Å². The Balaban J connectivity index is 2.30. The molecule has 0 spiro atoms. The zero-order valence-electron chi connectivity index (χ0n) is 9.37. The number of hydrogen-bond acceptors (Lipinski definition) is 2. The standard InChI is InChI=1S/C13H14N2O/c1-8-13-10(5-6-14-8)11-7-9(16-2)3-4-12(11)15-13/h3-8,14-15H,1-2H3. The van der Waals surface area contributed by atoms with Gasteiger partial charge in [0.25, 0.3) is 0 Å². The maximum atomic E-state index is 5.26. The third kappa shape index (κ3) is 1.21. The van der Waals surface area contributed by atoms with Crippen LogP contribution in [0.25, 0.3) is 17.0 Å². The molecule has 0 bridgehead atoms. The topological polar surface area (TPSA) is 37.0 Å². The first kappa shape index (κ1) is 9.33. The third-order valence-electron chi connectivity index (χ3n) is 3.11. The summed E-state index contributed by atoms with van der Waals surface area (Å²) < 4.78 is 5.26.